The Morgan fingerprint density at radius 2 is 1.75 bits per heavy atom. The molecule has 68 valence electrons. The molecule has 1 atom stereocenters. The average Bonchev–Trinajstić information content (AvgIpc) is 1.78. The van der Waals surface area contributed by atoms with Gasteiger partial charge in [0.05, 0.1) is 0 Å². The SMILES string of the molecule is [Li][C](C)(OCCC)[SiH2]C(C)(C)C. The van der Waals surface area contributed by atoms with Crippen LogP contribution in [0.4, 0.5) is 0 Å². The molecular weight excluding hydrogens is 159 g/mol. The standard InChI is InChI=1S/C9H21OSi.Li/c1-6-7-10-8(2)11-9(3,4)5;/h6-7,11H2,1-5H3;. The molecule has 0 amide bonds. The Labute approximate surface area is 88.7 Å². The second kappa shape index (κ2) is 4.86. The molecule has 1 unspecified atom stereocenters. The van der Waals surface area contributed by atoms with Crippen LogP contribution in [0.5, 0.6) is 0 Å². The zero-order chi connectivity index (χ0) is 9.83. The fourth-order valence-electron chi connectivity index (χ4n) is 1.71. The monoisotopic (exact) mass is 180 g/mol. The molecule has 0 heterocycles. The summed E-state index contributed by atoms with van der Waals surface area (Å²) in [6.07, 6.45) is 1.13. The average molecular weight is 180 g/mol. The summed E-state index contributed by atoms with van der Waals surface area (Å²) in [5, 5.41) is 0.497. The first-order valence-corrected chi connectivity index (χ1v) is 6.32. The predicted molar refractivity (Wildman–Crippen MR) is 58.7 cm³/mol. The molecule has 0 radical (unpaired) electrons. The van der Waals surface area contributed by atoms with Crippen molar-refractivity contribution in [3.8, 4) is 0 Å². The van der Waals surface area contributed by atoms with Crippen molar-refractivity contribution in [3.63, 3.8) is 0 Å². The molecule has 0 rings (SSSR count). The van der Waals surface area contributed by atoms with E-state index in [1.807, 2.05) is 0 Å². The van der Waals surface area contributed by atoms with Crippen LogP contribution in [0.25, 0.3) is 0 Å². The van der Waals surface area contributed by atoms with E-state index in [-0.39, 0.29) is 13.4 Å². The van der Waals surface area contributed by atoms with Crippen molar-refractivity contribution in [2.75, 3.05) is 6.61 Å². The molecule has 0 aliphatic heterocycles. The van der Waals surface area contributed by atoms with Gasteiger partial charge in [-0.25, -0.2) is 0 Å². The Hall–Kier alpha value is 0.774. The van der Waals surface area contributed by atoms with Crippen LogP contribution in [-0.2, 0) is 4.74 Å². The molecule has 0 saturated carbocycles. The maximum atomic E-state index is 5.82. The van der Waals surface area contributed by atoms with E-state index in [1.54, 1.807) is 0 Å². The molecule has 0 aliphatic rings. The van der Waals surface area contributed by atoms with E-state index >= 15 is 0 Å². The number of ether oxygens (including phenoxy) is 1. The quantitative estimate of drug-likeness (QED) is 0.598. The van der Waals surface area contributed by atoms with E-state index in [2.05, 4.69) is 52.3 Å². The van der Waals surface area contributed by atoms with Crippen molar-refractivity contribution in [3.05, 3.63) is 0 Å². The number of hydrogen-bond acceptors (Lipinski definition) is 1. The maximum absolute atomic E-state index is 5.82. The van der Waals surface area contributed by atoms with Crippen molar-refractivity contribution in [2.24, 2.45) is 0 Å². The summed E-state index contributed by atoms with van der Waals surface area (Å²) in [4.78, 5) is 0. The van der Waals surface area contributed by atoms with Crippen LogP contribution in [0.15, 0.2) is 0 Å². The summed E-state index contributed by atoms with van der Waals surface area (Å²) >= 11 is 2.24. The molecule has 0 bridgehead atoms. The van der Waals surface area contributed by atoms with E-state index in [4.69, 9.17) is 4.74 Å². The van der Waals surface area contributed by atoms with Crippen molar-refractivity contribution in [1.82, 2.24) is 0 Å². The molecule has 0 N–H and O–H groups in total. The van der Waals surface area contributed by atoms with Gasteiger partial charge in [-0.15, -0.1) is 0 Å². The van der Waals surface area contributed by atoms with Gasteiger partial charge < -0.3 is 0 Å². The Morgan fingerprint density at radius 1 is 1.25 bits per heavy atom. The first-order chi connectivity index (χ1) is 5.27. The molecule has 0 aromatic carbocycles. The summed E-state index contributed by atoms with van der Waals surface area (Å²) in [5.41, 5.74) is 0. The van der Waals surface area contributed by atoms with E-state index in [0.717, 1.165) is 13.0 Å². The van der Waals surface area contributed by atoms with Crippen LogP contribution in [0.1, 0.15) is 41.0 Å². The van der Waals surface area contributed by atoms with Gasteiger partial charge >= 0.3 is 88.6 Å². The van der Waals surface area contributed by atoms with Gasteiger partial charge in [0.25, 0.3) is 0 Å². The molecule has 1 nitrogen and oxygen atoms in total. The molecule has 0 fully saturated rings. The van der Waals surface area contributed by atoms with E-state index in [1.165, 1.54) is 0 Å². The molecule has 0 saturated heterocycles. The van der Waals surface area contributed by atoms with Gasteiger partial charge in [-0.1, -0.05) is 0 Å². The molecule has 0 aromatic heterocycles. The molecule has 12 heavy (non-hydrogen) atoms. The molecule has 3 heteroatoms. The molecule has 0 spiro atoms. The van der Waals surface area contributed by atoms with Crippen LogP contribution >= 0.6 is 0 Å². The van der Waals surface area contributed by atoms with Crippen molar-refractivity contribution < 1.29 is 4.74 Å². The van der Waals surface area contributed by atoms with Crippen LogP contribution in [-0.4, -0.2) is 37.7 Å². The topological polar surface area (TPSA) is 9.23 Å². The van der Waals surface area contributed by atoms with E-state index in [9.17, 15) is 0 Å². The van der Waals surface area contributed by atoms with Crippen LogP contribution in [0.3, 0.4) is 0 Å². The number of rotatable bonds is 4. The van der Waals surface area contributed by atoms with Gasteiger partial charge in [0.15, 0.2) is 0 Å². The van der Waals surface area contributed by atoms with Gasteiger partial charge in [-0.2, -0.15) is 0 Å². The van der Waals surface area contributed by atoms with Gasteiger partial charge in [0.1, 0.15) is 0 Å². The third-order valence-corrected chi connectivity index (χ3v) is 3.77. The Morgan fingerprint density at radius 3 is 2.08 bits per heavy atom. The van der Waals surface area contributed by atoms with Crippen LogP contribution in [0, 0.1) is 0 Å². The molecular formula is C9H21LiOSi. The van der Waals surface area contributed by atoms with Crippen LogP contribution < -0.4 is 0 Å². The third-order valence-electron chi connectivity index (χ3n) is 1.65. The van der Waals surface area contributed by atoms with Crippen LogP contribution in [0.2, 0.25) is 5.04 Å². The van der Waals surface area contributed by atoms with Gasteiger partial charge in [-0.05, 0) is 0 Å². The first kappa shape index (κ1) is 12.8. The first-order valence-electron chi connectivity index (χ1n) is 4.91. The molecule has 0 aliphatic carbocycles. The Kier molecular flexibility index (Phi) is 5.17. The summed E-state index contributed by atoms with van der Waals surface area (Å²) in [6, 6.07) is 0. The molecule has 0 aromatic rings. The predicted octanol–water partition coefficient (Wildman–Crippen LogP) is 1.64. The second-order valence-electron chi connectivity index (χ2n) is 5.35. The van der Waals surface area contributed by atoms with Gasteiger partial charge in [0, 0.05) is 0 Å². The summed E-state index contributed by atoms with van der Waals surface area (Å²) in [5.74, 6) is 0. The minimum atomic E-state index is -0.165. The zero-order valence-electron chi connectivity index (χ0n) is 9.53. The zero-order valence-corrected chi connectivity index (χ0v) is 10.9. The van der Waals surface area contributed by atoms with Crippen molar-refractivity contribution in [1.29, 1.82) is 0 Å². The minimum absolute atomic E-state index is 0.165. The second-order valence-corrected chi connectivity index (χ2v) is 9.52. The van der Waals surface area contributed by atoms with E-state index < -0.39 is 0 Å². The fourth-order valence-corrected chi connectivity index (χ4v) is 4.51. The summed E-state index contributed by atoms with van der Waals surface area (Å²) in [6.45, 7) is 12.3. The van der Waals surface area contributed by atoms with Crippen molar-refractivity contribution in [2.45, 2.75) is 50.0 Å². The normalized spacial score (nSPS) is 18.6. The van der Waals surface area contributed by atoms with Gasteiger partial charge in [-0.3, -0.25) is 0 Å². The summed E-state index contributed by atoms with van der Waals surface area (Å²) < 4.78 is 5.99. The van der Waals surface area contributed by atoms with Crippen molar-refractivity contribution >= 4 is 27.2 Å². The third kappa shape index (κ3) is 7.42. The number of hydrogen-bond donors (Lipinski definition) is 0. The Bertz CT molecular complexity index is 129. The van der Waals surface area contributed by atoms with Gasteiger partial charge in [0.2, 0.25) is 0 Å². The summed E-state index contributed by atoms with van der Waals surface area (Å²) in [7, 11) is -0.165. The fraction of sp³-hybridized carbons (Fsp3) is 1.00. The van der Waals surface area contributed by atoms with E-state index in [0.29, 0.717) is 5.04 Å². The Balaban J connectivity index is 3.86.